The van der Waals surface area contributed by atoms with Gasteiger partial charge in [-0.2, -0.15) is 13.2 Å². The highest BCUT2D eigenvalue weighted by atomic mass is 35.5. The number of nitrogens with one attached hydrogen (secondary N) is 1. The molecule has 0 radical (unpaired) electrons. The maximum absolute atomic E-state index is 14.1. The van der Waals surface area contributed by atoms with Crippen LogP contribution in [0.2, 0.25) is 5.02 Å². The van der Waals surface area contributed by atoms with Gasteiger partial charge in [-0.05, 0) is 54.1 Å². The van der Waals surface area contributed by atoms with E-state index in [1.54, 1.807) is 42.5 Å². The number of ether oxygens (including phenoxy) is 2. The molecule has 15 heteroatoms. The molecular formula is C31H23ClF3N3O6S2. The number of rotatable bonds is 7. The Hall–Kier alpha value is -4.27. The van der Waals surface area contributed by atoms with Gasteiger partial charge in [0, 0.05) is 21.5 Å². The van der Waals surface area contributed by atoms with Crippen LogP contribution in [0, 0.1) is 5.92 Å². The van der Waals surface area contributed by atoms with Gasteiger partial charge in [-0.3, -0.25) is 23.7 Å². The summed E-state index contributed by atoms with van der Waals surface area (Å²) in [6.45, 7) is -0.418. The summed E-state index contributed by atoms with van der Waals surface area (Å²) in [5.74, 6) is -3.64. The fourth-order valence-corrected chi connectivity index (χ4v) is 8.58. The van der Waals surface area contributed by atoms with Crippen LogP contribution >= 0.6 is 34.7 Å². The number of thioether (sulfide) groups is 1. The second-order valence-corrected chi connectivity index (χ2v) is 12.9. The number of alkyl halides is 3. The van der Waals surface area contributed by atoms with Crippen molar-refractivity contribution in [3.63, 3.8) is 0 Å². The first-order valence-electron chi connectivity index (χ1n) is 13.6. The summed E-state index contributed by atoms with van der Waals surface area (Å²) in [6, 6.07) is 15.6. The quantitative estimate of drug-likeness (QED) is 0.236. The standard InChI is InChI=1S/C31H23ClF3N3O6S2/c1-43-20-12-7-15(13-21(20)44-2)23-24-25(28(41)38(27(24)40)19-6-4-3-5-18(19)31(33,34)35)45-29-26(23)46-30(42)37(29)14-22(39)36-17-10-8-16(32)9-11-17/h3-13,23-25H,14H2,1-2H3,(H,36,39)/t23-,24-,25+/m0/s1. The van der Waals surface area contributed by atoms with Gasteiger partial charge < -0.3 is 14.8 Å². The number of methoxy groups -OCH3 is 2. The lowest BCUT2D eigenvalue weighted by Gasteiger charge is -2.31. The molecule has 2 aliphatic heterocycles. The molecule has 4 aromatic rings. The van der Waals surface area contributed by atoms with Gasteiger partial charge in [0.2, 0.25) is 17.7 Å². The average molecular weight is 690 g/mol. The molecule has 1 saturated heterocycles. The normalized spacial score (nSPS) is 19.1. The van der Waals surface area contributed by atoms with Crippen molar-refractivity contribution in [2.75, 3.05) is 24.4 Å². The molecule has 3 aromatic carbocycles. The van der Waals surface area contributed by atoms with Crippen LogP contribution in [0.3, 0.4) is 0 Å². The summed E-state index contributed by atoms with van der Waals surface area (Å²) in [5.41, 5.74) is -0.791. The van der Waals surface area contributed by atoms with E-state index in [4.69, 9.17) is 21.1 Å². The third-order valence-corrected chi connectivity index (χ3v) is 10.6. The van der Waals surface area contributed by atoms with Gasteiger partial charge in [0.25, 0.3) is 0 Å². The Labute approximate surface area is 272 Å². The van der Waals surface area contributed by atoms with Gasteiger partial charge in [0.15, 0.2) is 11.5 Å². The van der Waals surface area contributed by atoms with E-state index in [1.807, 2.05) is 0 Å². The van der Waals surface area contributed by atoms with Crippen LogP contribution in [0.15, 0.2) is 76.6 Å². The predicted octanol–water partition coefficient (Wildman–Crippen LogP) is 6.03. The zero-order valence-corrected chi connectivity index (χ0v) is 26.4. The molecule has 9 nitrogen and oxygen atoms in total. The zero-order valence-electron chi connectivity index (χ0n) is 24.0. The molecule has 2 aliphatic rings. The highest BCUT2D eigenvalue weighted by Crippen LogP contribution is 2.55. The molecule has 1 aromatic heterocycles. The molecule has 1 fully saturated rings. The molecule has 1 N–H and O–H groups in total. The van der Waals surface area contributed by atoms with Crippen LogP contribution in [0.5, 0.6) is 11.5 Å². The fourth-order valence-electron chi connectivity index (χ4n) is 5.68. The van der Waals surface area contributed by atoms with E-state index in [2.05, 4.69) is 5.32 Å². The monoisotopic (exact) mass is 689 g/mol. The number of hydrogen-bond donors (Lipinski definition) is 1. The van der Waals surface area contributed by atoms with E-state index >= 15 is 0 Å². The minimum atomic E-state index is -4.84. The molecule has 3 atom stereocenters. The van der Waals surface area contributed by atoms with Crippen LogP contribution in [0.25, 0.3) is 0 Å². The first-order chi connectivity index (χ1) is 21.9. The topological polar surface area (TPSA) is 107 Å². The van der Waals surface area contributed by atoms with Gasteiger partial charge in [0.05, 0.1) is 36.4 Å². The van der Waals surface area contributed by atoms with Gasteiger partial charge in [-0.25, -0.2) is 4.90 Å². The van der Waals surface area contributed by atoms with Crippen molar-refractivity contribution in [3.8, 4) is 11.5 Å². The summed E-state index contributed by atoms with van der Waals surface area (Å²) >= 11 is 7.62. The zero-order chi connectivity index (χ0) is 32.9. The number of imide groups is 1. The van der Waals surface area contributed by atoms with E-state index in [9.17, 15) is 32.3 Å². The highest BCUT2D eigenvalue weighted by molar-refractivity contribution is 8.00. The van der Waals surface area contributed by atoms with Crippen LogP contribution < -0.4 is 24.6 Å². The molecule has 0 saturated carbocycles. The molecule has 3 amide bonds. The first kappa shape index (κ1) is 31.7. The summed E-state index contributed by atoms with van der Waals surface area (Å²) in [7, 11) is 2.86. The minimum Gasteiger partial charge on any atom is -0.493 e. The van der Waals surface area contributed by atoms with Crippen molar-refractivity contribution in [2.24, 2.45) is 5.92 Å². The van der Waals surface area contributed by atoms with E-state index in [-0.39, 0.29) is 5.03 Å². The Balaban J connectivity index is 1.46. The maximum atomic E-state index is 14.1. The lowest BCUT2D eigenvalue weighted by atomic mass is 9.83. The van der Waals surface area contributed by atoms with Crippen LogP contribution in [-0.4, -0.2) is 41.8 Å². The van der Waals surface area contributed by atoms with Crippen LogP contribution in [0.4, 0.5) is 24.5 Å². The minimum absolute atomic E-state index is 0.273. The van der Waals surface area contributed by atoms with Crippen molar-refractivity contribution in [2.45, 2.75) is 28.9 Å². The molecule has 6 rings (SSSR count). The van der Waals surface area contributed by atoms with E-state index in [0.29, 0.717) is 37.5 Å². The lowest BCUT2D eigenvalue weighted by Crippen LogP contribution is -2.33. The second kappa shape index (κ2) is 12.2. The number of fused-ring (bicyclic) bond motifs is 2. The Morgan fingerprint density at radius 3 is 2.33 bits per heavy atom. The number of benzene rings is 3. The highest BCUT2D eigenvalue weighted by Gasteiger charge is 2.58. The number of carbonyl (C=O) groups excluding carboxylic acids is 3. The van der Waals surface area contributed by atoms with Crippen molar-refractivity contribution >= 4 is 63.8 Å². The fraction of sp³-hybridized carbons (Fsp3) is 0.226. The van der Waals surface area contributed by atoms with Gasteiger partial charge in [-0.1, -0.05) is 52.9 Å². The van der Waals surface area contributed by atoms with Gasteiger partial charge in [0.1, 0.15) is 11.8 Å². The van der Waals surface area contributed by atoms with Crippen LogP contribution in [0.1, 0.15) is 21.9 Å². The Bertz CT molecular complexity index is 1930. The number of hydrogen-bond acceptors (Lipinski definition) is 8. The third kappa shape index (κ3) is 5.54. The number of para-hydroxylation sites is 1. The SMILES string of the molecule is COc1ccc([C@@H]2c3sc(=O)n(CC(=O)Nc4ccc(Cl)cc4)c3S[C@H]3C(=O)N(c4ccccc4C(F)(F)F)C(=O)[C@@H]23)cc1OC. The Morgan fingerprint density at radius 2 is 1.65 bits per heavy atom. The molecular weight excluding hydrogens is 667 g/mol. The molecule has 0 aliphatic carbocycles. The summed E-state index contributed by atoms with van der Waals surface area (Å²) in [5, 5.41) is 2.24. The maximum Gasteiger partial charge on any atom is 0.418 e. The van der Waals surface area contributed by atoms with Crippen molar-refractivity contribution in [3.05, 3.63) is 97.4 Å². The molecule has 0 unspecified atom stereocenters. The summed E-state index contributed by atoms with van der Waals surface area (Å²) in [4.78, 5) is 55.0. The molecule has 238 valence electrons. The first-order valence-corrected chi connectivity index (χ1v) is 15.7. The van der Waals surface area contributed by atoms with E-state index in [1.165, 1.54) is 30.9 Å². The molecule has 0 spiro atoms. The van der Waals surface area contributed by atoms with Crippen LogP contribution in [-0.2, 0) is 27.1 Å². The molecule has 3 heterocycles. The van der Waals surface area contributed by atoms with Gasteiger partial charge >= 0.3 is 11.0 Å². The Kier molecular flexibility index (Phi) is 8.38. The third-order valence-electron chi connectivity index (χ3n) is 7.70. The van der Waals surface area contributed by atoms with E-state index < -0.39 is 63.7 Å². The smallest absolute Gasteiger partial charge is 0.418 e. The largest absolute Gasteiger partial charge is 0.493 e. The number of amides is 3. The van der Waals surface area contributed by atoms with Crippen molar-refractivity contribution in [1.82, 2.24) is 4.57 Å². The number of halogens is 4. The number of carbonyl (C=O) groups is 3. The van der Waals surface area contributed by atoms with E-state index in [0.717, 1.165) is 35.2 Å². The number of aromatic nitrogens is 1. The number of thiazole rings is 1. The average Bonchev–Trinajstić information content (AvgIpc) is 3.47. The van der Waals surface area contributed by atoms with Crippen molar-refractivity contribution in [1.29, 1.82) is 0 Å². The lowest BCUT2D eigenvalue weighted by molar-refractivity contribution is -0.137. The number of nitrogens with zero attached hydrogens (tertiary/aromatic N) is 2. The predicted molar refractivity (Wildman–Crippen MR) is 167 cm³/mol. The molecule has 46 heavy (non-hydrogen) atoms. The second-order valence-electron chi connectivity index (χ2n) is 10.4. The van der Waals surface area contributed by atoms with Gasteiger partial charge in [-0.15, -0.1) is 0 Å². The summed E-state index contributed by atoms with van der Waals surface area (Å²) in [6.07, 6.45) is -4.84. The molecule has 0 bridgehead atoms. The summed E-state index contributed by atoms with van der Waals surface area (Å²) < 4.78 is 54.1. The number of anilines is 2. The van der Waals surface area contributed by atoms with Crippen molar-refractivity contribution < 1.29 is 37.0 Å². The Morgan fingerprint density at radius 1 is 0.957 bits per heavy atom.